The van der Waals surface area contributed by atoms with Crippen molar-refractivity contribution in [2.24, 2.45) is 5.90 Å². The van der Waals surface area contributed by atoms with Crippen LogP contribution in [0.2, 0.25) is 0 Å². The van der Waals surface area contributed by atoms with Crippen LogP contribution in [0.1, 0.15) is 33.4 Å². The quantitative estimate of drug-likeness (QED) is 0.101. The van der Waals surface area contributed by atoms with Gasteiger partial charge in [-0.2, -0.15) is 5.90 Å². The largest absolute Gasteiger partial charge is 0.320 e. The molecular formula is C34H32N2O4. The van der Waals surface area contributed by atoms with Gasteiger partial charge in [-0.25, -0.2) is 0 Å². The minimum absolute atomic E-state index is 0.0879. The van der Waals surface area contributed by atoms with E-state index in [4.69, 9.17) is 10.8 Å². The van der Waals surface area contributed by atoms with E-state index in [0.29, 0.717) is 5.75 Å². The molecule has 0 aliphatic heterocycles. The van der Waals surface area contributed by atoms with E-state index in [1.165, 1.54) is 23.3 Å². The van der Waals surface area contributed by atoms with Gasteiger partial charge >= 0.3 is 0 Å². The third-order valence-corrected chi connectivity index (χ3v) is 5.66. The molecule has 6 heteroatoms. The average Bonchev–Trinajstić information content (AvgIpc) is 2.97. The van der Waals surface area contributed by atoms with Gasteiger partial charge in [-0.1, -0.05) is 125 Å². The van der Waals surface area contributed by atoms with Crippen LogP contribution in [-0.4, -0.2) is 4.92 Å². The molecular weight excluding hydrogens is 500 g/mol. The SMILES string of the molecule is Cc1ccc(C)cc1.NOOc1ccc(/C=C/C=C/c2ccc(/C=C/C=C/c3ccc([N+](=O)[O-])cc3)cc2)cc1. The third-order valence-electron chi connectivity index (χ3n) is 5.66. The summed E-state index contributed by atoms with van der Waals surface area (Å²) in [4.78, 5) is 19.1. The molecule has 4 aromatic carbocycles. The first-order valence-corrected chi connectivity index (χ1v) is 12.6. The average molecular weight is 533 g/mol. The van der Waals surface area contributed by atoms with Crippen molar-refractivity contribution in [1.82, 2.24) is 0 Å². The minimum Gasteiger partial charge on any atom is -0.320 e. The van der Waals surface area contributed by atoms with Gasteiger partial charge in [0, 0.05) is 12.1 Å². The van der Waals surface area contributed by atoms with Crippen LogP contribution in [0.4, 0.5) is 5.69 Å². The monoisotopic (exact) mass is 532 g/mol. The highest BCUT2D eigenvalue weighted by atomic mass is 17.3. The highest BCUT2D eigenvalue weighted by Gasteiger charge is 2.01. The molecule has 0 spiro atoms. The number of nitrogens with two attached hydrogens (primary N) is 1. The molecule has 0 amide bonds. The van der Waals surface area contributed by atoms with E-state index < -0.39 is 4.92 Å². The Hall–Kier alpha value is -5.04. The molecule has 6 nitrogen and oxygen atoms in total. The van der Waals surface area contributed by atoms with Crippen molar-refractivity contribution in [3.05, 3.63) is 165 Å². The van der Waals surface area contributed by atoms with Gasteiger partial charge in [0.2, 0.25) is 0 Å². The standard InChI is InChI=1S/C26H22N2O4.C8H10/c27-32-31-26-19-15-24(16-20-26)8-4-2-6-22-11-9-21(10-12-22)5-1-3-7-23-13-17-25(18-14-23)28(29)30;1-7-3-5-8(2)6-4-7/h1-20H,27H2;3-6H,1-2H3/b5-1+,6-2+,7-3+,8-4+;. The fourth-order valence-electron chi connectivity index (χ4n) is 3.42. The Bertz CT molecular complexity index is 1430. The highest BCUT2D eigenvalue weighted by molar-refractivity contribution is 5.61. The van der Waals surface area contributed by atoms with E-state index in [-0.39, 0.29) is 5.69 Å². The van der Waals surface area contributed by atoms with Gasteiger partial charge in [0.25, 0.3) is 5.69 Å². The van der Waals surface area contributed by atoms with Gasteiger partial charge in [0.05, 0.1) is 4.92 Å². The van der Waals surface area contributed by atoms with Crippen molar-refractivity contribution >= 4 is 30.0 Å². The van der Waals surface area contributed by atoms with Crippen molar-refractivity contribution in [3.8, 4) is 5.75 Å². The summed E-state index contributed by atoms with van der Waals surface area (Å²) in [5.41, 5.74) is 6.85. The lowest BCUT2D eigenvalue weighted by Gasteiger charge is -1.99. The maximum atomic E-state index is 10.7. The summed E-state index contributed by atoms with van der Waals surface area (Å²) in [6.07, 6.45) is 15.7. The van der Waals surface area contributed by atoms with E-state index in [0.717, 1.165) is 22.3 Å². The number of aryl methyl sites for hydroxylation is 2. The molecule has 0 unspecified atom stereocenters. The van der Waals surface area contributed by atoms with E-state index in [2.05, 4.69) is 43.1 Å². The number of allylic oxidation sites excluding steroid dienone is 4. The van der Waals surface area contributed by atoms with Gasteiger partial charge in [-0.3, -0.25) is 10.1 Å². The summed E-state index contributed by atoms with van der Waals surface area (Å²) in [7, 11) is 0. The number of nitrogens with zero attached hydrogens (tertiary/aromatic N) is 1. The predicted octanol–water partition coefficient (Wildman–Crippen LogP) is 8.54. The first-order valence-electron chi connectivity index (χ1n) is 12.6. The first kappa shape index (κ1) is 29.5. The number of nitro benzene ring substituents is 1. The normalized spacial score (nSPS) is 11.3. The number of non-ortho nitro benzene ring substituents is 1. The second-order valence-corrected chi connectivity index (χ2v) is 8.86. The van der Waals surface area contributed by atoms with E-state index in [1.54, 1.807) is 24.3 Å². The molecule has 0 aromatic heterocycles. The molecule has 0 saturated heterocycles. The minimum atomic E-state index is -0.406. The maximum absolute atomic E-state index is 10.7. The zero-order chi connectivity index (χ0) is 28.6. The summed E-state index contributed by atoms with van der Waals surface area (Å²) in [5, 5.41) is 10.7. The zero-order valence-corrected chi connectivity index (χ0v) is 22.5. The molecule has 4 aromatic rings. The van der Waals surface area contributed by atoms with Crippen LogP contribution >= 0.6 is 0 Å². The van der Waals surface area contributed by atoms with Crippen molar-refractivity contribution in [2.75, 3.05) is 0 Å². The summed E-state index contributed by atoms with van der Waals surface area (Å²) in [6, 6.07) is 30.4. The Morgan fingerprint density at radius 3 is 1.23 bits per heavy atom. The van der Waals surface area contributed by atoms with Gasteiger partial charge < -0.3 is 4.89 Å². The van der Waals surface area contributed by atoms with Crippen LogP contribution in [0.15, 0.2) is 121 Å². The van der Waals surface area contributed by atoms with Crippen LogP contribution < -0.4 is 10.8 Å². The van der Waals surface area contributed by atoms with Crippen molar-refractivity contribution in [1.29, 1.82) is 0 Å². The van der Waals surface area contributed by atoms with Crippen LogP contribution in [0.3, 0.4) is 0 Å². The molecule has 0 fully saturated rings. The number of nitro groups is 1. The molecule has 0 saturated carbocycles. The molecule has 40 heavy (non-hydrogen) atoms. The maximum Gasteiger partial charge on any atom is 0.269 e. The lowest BCUT2D eigenvalue weighted by molar-refractivity contribution is -0.384. The van der Waals surface area contributed by atoms with E-state index >= 15 is 0 Å². The summed E-state index contributed by atoms with van der Waals surface area (Å²) in [6.45, 7) is 4.19. The van der Waals surface area contributed by atoms with Crippen LogP contribution in [0, 0.1) is 24.0 Å². The third kappa shape index (κ3) is 10.8. The topological polar surface area (TPSA) is 87.6 Å². The molecule has 0 aliphatic rings. The lowest BCUT2D eigenvalue weighted by Crippen LogP contribution is -2.02. The Labute approximate surface area is 235 Å². The van der Waals surface area contributed by atoms with E-state index in [9.17, 15) is 10.1 Å². The highest BCUT2D eigenvalue weighted by Crippen LogP contribution is 2.15. The van der Waals surface area contributed by atoms with Crippen molar-refractivity contribution in [2.45, 2.75) is 13.8 Å². The Morgan fingerprint density at radius 2 is 0.900 bits per heavy atom. The van der Waals surface area contributed by atoms with E-state index in [1.807, 2.05) is 85.0 Å². The summed E-state index contributed by atoms with van der Waals surface area (Å²) in [5.74, 6) is 5.39. The van der Waals surface area contributed by atoms with Gasteiger partial charge in [0.1, 0.15) is 0 Å². The number of rotatable bonds is 9. The second kappa shape index (κ2) is 16.0. The fraction of sp³-hybridized carbons (Fsp3) is 0.0588. The molecule has 202 valence electrons. The number of hydrogen-bond donors (Lipinski definition) is 1. The van der Waals surface area contributed by atoms with Crippen molar-refractivity contribution in [3.63, 3.8) is 0 Å². The van der Waals surface area contributed by atoms with Gasteiger partial charge in [-0.05, 0) is 60.4 Å². The Morgan fingerprint density at radius 1 is 0.575 bits per heavy atom. The molecule has 0 atom stereocenters. The lowest BCUT2D eigenvalue weighted by atomic mass is 10.1. The molecule has 0 heterocycles. The molecule has 0 aliphatic carbocycles. The summed E-state index contributed by atoms with van der Waals surface area (Å²) < 4.78 is 0. The zero-order valence-electron chi connectivity index (χ0n) is 22.5. The van der Waals surface area contributed by atoms with Crippen LogP contribution in [0.5, 0.6) is 5.75 Å². The fourth-order valence-corrected chi connectivity index (χ4v) is 3.42. The number of benzene rings is 4. The van der Waals surface area contributed by atoms with Gasteiger partial charge in [0.15, 0.2) is 5.75 Å². The van der Waals surface area contributed by atoms with Crippen LogP contribution in [-0.2, 0) is 4.99 Å². The molecule has 0 radical (unpaired) electrons. The van der Waals surface area contributed by atoms with Gasteiger partial charge in [-0.15, -0.1) is 0 Å². The molecule has 4 rings (SSSR count). The van der Waals surface area contributed by atoms with Crippen molar-refractivity contribution < 1.29 is 14.8 Å². The summed E-state index contributed by atoms with van der Waals surface area (Å²) >= 11 is 0. The Kier molecular flexibility index (Phi) is 11.8. The Balaban J connectivity index is 0.000000472. The predicted molar refractivity (Wildman–Crippen MR) is 164 cm³/mol. The smallest absolute Gasteiger partial charge is 0.269 e. The molecule has 2 N–H and O–H groups in total. The molecule has 0 bridgehead atoms. The number of hydrogen-bond acceptors (Lipinski definition) is 5. The first-order chi connectivity index (χ1) is 19.4. The second-order valence-electron chi connectivity index (χ2n) is 8.86. The van der Waals surface area contributed by atoms with Crippen LogP contribution in [0.25, 0.3) is 24.3 Å².